The minimum absolute atomic E-state index is 0.251. The van der Waals surface area contributed by atoms with Crippen molar-refractivity contribution in [3.05, 3.63) is 21.4 Å². The number of fused-ring (bicyclic) bond motifs is 1. The number of thiophene rings is 1. The van der Waals surface area contributed by atoms with Gasteiger partial charge in [0.05, 0.1) is 11.6 Å². The van der Waals surface area contributed by atoms with Crippen LogP contribution in [0.5, 0.6) is 0 Å². The van der Waals surface area contributed by atoms with Gasteiger partial charge >= 0.3 is 12.1 Å². The molecule has 0 aromatic carbocycles. The summed E-state index contributed by atoms with van der Waals surface area (Å²) in [5.41, 5.74) is 1.11. The zero-order chi connectivity index (χ0) is 11.9. The fraction of sp³-hybridized carbons (Fsp3) is 0.400. The molecule has 0 fully saturated rings. The second-order valence-electron chi connectivity index (χ2n) is 3.70. The van der Waals surface area contributed by atoms with E-state index in [9.17, 15) is 9.59 Å². The Labute approximate surface area is 95.9 Å². The van der Waals surface area contributed by atoms with Gasteiger partial charge in [0.2, 0.25) is 0 Å². The first-order valence-electron chi connectivity index (χ1n) is 4.85. The van der Waals surface area contributed by atoms with Crippen molar-refractivity contribution >= 4 is 23.4 Å². The third kappa shape index (κ3) is 1.55. The van der Waals surface area contributed by atoms with Crippen molar-refractivity contribution in [2.75, 3.05) is 6.54 Å². The maximum Gasteiger partial charge on any atom is 0.407 e. The fourth-order valence-corrected chi connectivity index (χ4v) is 3.18. The normalized spacial score (nSPS) is 19.3. The number of hydrogen-bond donors (Lipinski definition) is 2. The van der Waals surface area contributed by atoms with Crippen LogP contribution in [-0.2, 0) is 6.42 Å². The summed E-state index contributed by atoms with van der Waals surface area (Å²) in [6.07, 6.45) is -0.472. The van der Waals surface area contributed by atoms with Gasteiger partial charge < -0.3 is 15.1 Å². The SMILES string of the molecule is C[C@@H]1c2scc(C(=O)O)c2CCN1C(=O)O. The third-order valence-corrected chi connectivity index (χ3v) is 4.05. The second kappa shape index (κ2) is 3.79. The van der Waals surface area contributed by atoms with E-state index in [-0.39, 0.29) is 6.04 Å². The van der Waals surface area contributed by atoms with E-state index in [1.165, 1.54) is 16.2 Å². The molecule has 0 bridgehead atoms. The number of nitrogens with zero attached hydrogens (tertiary/aromatic N) is 1. The molecule has 5 nitrogen and oxygen atoms in total. The Kier molecular flexibility index (Phi) is 2.59. The van der Waals surface area contributed by atoms with Gasteiger partial charge in [-0.05, 0) is 18.9 Å². The average molecular weight is 241 g/mol. The largest absolute Gasteiger partial charge is 0.478 e. The van der Waals surface area contributed by atoms with Crippen molar-refractivity contribution in [2.45, 2.75) is 19.4 Å². The molecule has 0 spiro atoms. The third-order valence-electron chi connectivity index (χ3n) is 2.85. The molecule has 1 aliphatic heterocycles. The highest BCUT2D eigenvalue weighted by Gasteiger charge is 2.31. The van der Waals surface area contributed by atoms with E-state index in [4.69, 9.17) is 10.2 Å². The second-order valence-corrected chi connectivity index (χ2v) is 4.61. The molecule has 2 N–H and O–H groups in total. The maximum absolute atomic E-state index is 10.9. The highest BCUT2D eigenvalue weighted by Crippen LogP contribution is 2.36. The highest BCUT2D eigenvalue weighted by atomic mass is 32.1. The number of hydrogen-bond acceptors (Lipinski definition) is 3. The summed E-state index contributed by atoms with van der Waals surface area (Å²) >= 11 is 1.32. The first-order chi connectivity index (χ1) is 7.52. The molecule has 86 valence electrons. The molecule has 2 heterocycles. The van der Waals surface area contributed by atoms with Crippen LogP contribution < -0.4 is 0 Å². The van der Waals surface area contributed by atoms with Gasteiger partial charge in [0.25, 0.3) is 0 Å². The van der Waals surface area contributed by atoms with Crippen LogP contribution in [0, 0.1) is 0 Å². The quantitative estimate of drug-likeness (QED) is 0.788. The van der Waals surface area contributed by atoms with Crippen LogP contribution in [0.2, 0.25) is 0 Å². The van der Waals surface area contributed by atoms with Gasteiger partial charge in [0, 0.05) is 16.8 Å². The zero-order valence-corrected chi connectivity index (χ0v) is 9.45. The summed E-state index contributed by atoms with van der Waals surface area (Å²) < 4.78 is 0. The fourth-order valence-electron chi connectivity index (χ4n) is 2.01. The summed E-state index contributed by atoms with van der Waals surface area (Å²) in [5.74, 6) is -0.937. The molecule has 1 amide bonds. The minimum atomic E-state index is -0.955. The molecule has 0 radical (unpaired) electrons. The predicted octanol–water partition coefficient (Wildman–Crippen LogP) is 2.04. The molecule has 6 heteroatoms. The summed E-state index contributed by atoms with van der Waals surface area (Å²) in [4.78, 5) is 24.1. The Morgan fingerprint density at radius 2 is 2.19 bits per heavy atom. The lowest BCUT2D eigenvalue weighted by atomic mass is 9.99. The molecular weight excluding hydrogens is 230 g/mol. The molecular formula is C10H11NO4S. The maximum atomic E-state index is 10.9. The molecule has 2 rings (SSSR count). The molecule has 1 aliphatic rings. The van der Waals surface area contributed by atoms with E-state index in [1.54, 1.807) is 12.3 Å². The van der Waals surface area contributed by atoms with E-state index in [0.29, 0.717) is 18.5 Å². The highest BCUT2D eigenvalue weighted by molar-refractivity contribution is 7.10. The van der Waals surface area contributed by atoms with Crippen LogP contribution >= 0.6 is 11.3 Å². The first kappa shape index (κ1) is 10.9. The van der Waals surface area contributed by atoms with E-state index in [0.717, 1.165) is 10.4 Å². The van der Waals surface area contributed by atoms with Gasteiger partial charge in [-0.3, -0.25) is 0 Å². The number of carboxylic acids is 1. The topological polar surface area (TPSA) is 77.8 Å². The van der Waals surface area contributed by atoms with Crippen molar-refractivity contribution in [1.82, 2.24) is 4.90 Å². The van der Waals surface area contributed by atoms with Crippen molar-refractivity contribution in [3.63, 3.8) is 0 Å². The van der Waals surface area contributed by atoms with Gasteiger partial charge in [-0.15, -0.1) is 11.3 Å². The number of amides is 1. The summed E-state index contributed by atoms with van der Waals surface area (Å²) in [5, 5.41) is 19.5. The van der Waals surface area contributed by atoms with Crippen molar-refractivity contribution in [1.29, 1.82) is 0 Å². The smallest absolute Gasteiger partial charge is 0.407 e. The molecule has 0 saturated heterocycles. The Bertz CT molecular complexity index is 454. The van der Waals surface area contributed by atoms with E-state index >= 15 is 0 Å². The van der Waals surface area contributed by atoms with Crippen molar-refractivity contribution in [2.24, 2.45) is 0 Å². The van der Waals surface area contributed by atoms with Crippen LogP contribution in [0.3, 0.4) is 0 Å². The number of carbonyl (C=O) groups is 2. The number of carboxylic acid groups (broad SMARTS) is 2. The standard InChI is InChI=1S/C10H11NO4S/c1-5-8-6(2-3-11(5)10(14)15)7(4-16-8)9(12)13/h4-5H,2-3H2,1H3,(H,12,13)(H,14,15)/t5-/m1/s1. The zero-order valence-electron chi connectivity index (χ0n) is 8.64. The first-order valence-corrected chi connectivity index (χ1v) is 5.73. The lowest BCUT2D eigenvalue weighted by Crippen LogP contribution is -2.37. The molecule has 1 atom stereocenters. The van der Waals surface area contributed by atoms with Crippen LogP contribution in [0.4, 0.5) is 4.79 Å². The van der Waals surface area contributed by atoms with Gasteiger partial charge in [-0.1, -0.05) is 0 Å². The van der Waals surface area contributed by atoms with Crippen LogP contribution in [0.15, 0.2) is 5.38 Å². The van der Waals surface area contributed by atoms with Crippen molar-refractivity contribution in [3.8, 4) is 0 Å². The Hall–Kier alpha value is -1.56. The van der Waals surface area contributed by atoms with Gasteiger partial charge in [-0.25, -0.2) is 9.59 Å². The molecule has 1 aromatic rings. The Morgan fingerprint density at radius 1 is 1.50 bits per heavy atom. The lowest BCUT2D eigenvalue weighted by molar-refractivity contribution is 0.0695. The van der Waals surface area contributed by atoms with Gasteiger partial charge in [0.15, 0.2) is 0 Å². The Balaban J connectivity index is 2.40. The molecule has 0 aliphatic carbocycles. The molecule has 16 heavy (non-hydrogen) atoms. The molecule has 0 unspecified atom stereocenters. The monoisotopic (exact) mass is 241 g/mol. The minimum Gasteiger partial charge on any atom is -0.478 e. The van der Waals surface area contributed by atoms with E-state index in [1.807, 2.05) is 0 Å². The van der Waals surface area contributed by atoms with Crippen LogP contribution in [-0.4, -0.2) is 33.7 Å². The van der Waals surface area contributed by atoms with E-state index < -0.39 is 12.1 Å². The molecule has 0 saturated carbocycles. The van der Waals surface area contributed by atoms with Crippen molar-refractivity contribution < 1.29 is 19.8 Å². The average Bonchev–Trinajstić information content (AvgIpc) is 2.61. The predicted molar refractivity (Wildman–Crippen MR) is 58.1 cm³/mol. The van der Waals surface area contributed by atoms with Crippen LogP contribution in [0.1, 0.15) is 33.8 Å². The summed E-state index contributed by atoms with van der Waals surface area (Å²) in [6, 6.07) is -0.251. The van der Waals surface area contributed by atoms with Gasteiger partial charge in [-0.2, -0.15) is 0 Å². The molecule has 1 aromatic heterocycles. The summed E-state index contributed by atoms with van der Waals surface area (Å²) in [6.45, 7) is 2.15. The number of aromatic carboxylic acids is 1. The lowest BCUT2D eigenvalue weighted by Gasteiger charge is -2.31. The van der Waals surface area contributed by atoms with Gasteiger partial charge in [0.1, 0.15) is 0 Å². The van der Waals surface area contributed by atoms with Crippen LogP contribution in [0.25, 0.3) is 0 Å². The summed E-state index contributed by atoms with van der Waals surface area (Å²) in [7, 11) is 0. The number of rotatable bonds is 1. The van der Waals surface area contributed by atoms with E-state index in [2.05, 4.69) is 0 Å². The Morgan fingerprint density at radius 3 is 2.75 bits per heavy atom.